The van der Waals surface area contributed by atoms with Gasteiger partial charge in [-0.05, 0) is 43.8 Å². The molecule has 1 atom stereocenters. The molecule has 0 aliphatic rings. The van der Waals surface area contributed by atoms with Crippen LogP contribution in [0, 0.1) is 0 Å². The van der Waals surface area contributed by atoms with Gasteiger partial charge in [0.05, 0.1) is 0 Å². The Morgan fingerprint density at radius 3 is 2.20 bits per heavy atom. The third kappa shape index (κ3) is 7.92. The van der Waals surface area contributed by atoms with E-state index in [1.807, 2.05) is 56.4 Å². The summed E-state index contributed by atoms with van der Waals surface area (Å²) in [5.41, 5.74) is 1.12. The van der Waals surface area contributed by atoms with E-state index in [4.69, 9.17) is 9.47 Å². The summed E-state index contributed by atoms with van der Waals surface area (Å²) in [4.78, 5) is 11.7. The van der Waals surface area contributed by atoms with Crippen LogP contribution in [0.5, 0.6) is 11.5 Å². The highest BCUT2D eigenvalue weighted by molar-refractivity contribution is 5.85. The van der Waals surface area contributed by atoms with E-state index in [2.05, 4.69) is 10.6 Å². The fourth-order valence-corrected chi connectivity index (χ4v) is 1.94. The minimum atomic E-state index is -0.137. The number of rotatable bonds is 9. The number of nitrogens with one attached hydrogen (secondary N) is 2. The van der Waals surface area contributed by atoms with Crippen molar-refractivity contribution in [2.24, 2.45) is 0 Å². The Kier molecular flexibility index (Phi) is 9.43. The van der Waals surface area contributed by atoms with Crippen LogP contribution in [0.4, 0.5) is 0 Å². The molecule has 0 radical (unpaired) electrons. The predicted molar refractivity (Wildman–Crippen MR) is 101 cm³/mol. The lowest BCUT2D eigenvalue weighted by Crippen LogP contribution is -2.39. The van der Waals surface area contributed by atoms with Gasteiger partial charge in [0.2, 0.25) is 0 Å². The van der Waals surface area contributed by atoms with Crippen molar-refractivity contribution in [2.45, 2.75) is 19.6 Å². The molecule has 25 heavy (non-hydrogen) atoms. The largest absolute Gasteiger partial charge is 0.489 e. The summed E-state index contributed by atoms with van der Waals surface area (Å²) in [7, 11) is 1.86. The number of hydrogen-bond donors (Lipinski definition) is 2. The van der Waals surface area contributed by atoms with Crippen LogP contribution in [0.3, 0.4) is 0 Å². The van der Waals surface area contributed by atoms with Crippen molar-refractivity contribution in [3.05, 3.63) is 60.2 Å². The Balaban J connectivity index is 0.00000312. The van der Waals surface area contributed by atoms with Crippen molar-refractivity contribution in [1.82, 2.24) is 10.6 Å². The van der Waals surface area contributed by atoms with Gasteiger partial charge >= 0.3 is 0 Å². The highest BCUT2D eigenvalue weighted by Crippen LogP contribution is 2.18. The molecule has 0 fully saturated rings. The van der Waals surface area contributed by atoms with Crippen molar-refractivity contribution >= 4 is 18.3 Å². The van der Waals surface area contributed by atoms with Crippen molar-refractivity contribution in [2.75, 3.05) is 20.2 Å². The first kappa shape index (κ1) is 20.8. The molecular formula is C19H25ClN2O3. The van der Waals surface area contributed by atoms with Gasteiger partial charge in [0.1, 0.15) is 18.1 Å². The molecule has 136 valence electrons. The topological polar surface area (TPSA) is 59.6 Å². The summed E-state index contributed by atoms with van der Waals surface area (Å²) in [6.07, 6.45) is 0. The smallest absolute Gasteiger partial charge is 0.257 e. The van der Waals surface area contributed by atoms with Crippen molar-refractivity contribution < 1.29 is 14.3 Å². The fraction of sp³-hybridized carbons (Fsp3) is 0.316. The van der Waals surface area contributed by atoms with Gasteiger partial charge in [-0.1, -0.05) is 30.3 Å². The number of carbonyl (C=O) groups excluding carboxylic acids is 1. The summed E-state index contributed by atoms with van der Waals surface area (Å²) in [5.74, 6) is 1.26. The van der Waals surface area contributed by atoms with Crippen LogP contribution in [0.25, 0.3) is 0 Å². The SMILES string of the molecule is CNC(C)CNC(=O)COc1ccc(OCc2ccccc2)cc1.Cl. The van der Waals surface area contributed by atoms with Crippen LogP contribution in [0.2, 0.25) is 0 Å². The summed E-state index contributed by atoms with van der Waals surface area (Å²) in [6.45, 7) is 3.09. The highest BCUT2D eigenvalue weighted by atomic mass is 35.5. The molecule has 0 spiro atoms. The van der Waals surface area contributed by atoms with Gasteiger partial charge in [0, 0.05) is 12.6 Å². The van der Waals surface area contributed by atoms with Crippen LogP contribution in [0.1, 0.15) is 12.5 Å². The monoisotopic (exact) mass is 364 g/mol. The van der Waals surface area contributed by atoms with Gasteiger partial charge in [-0.25, -0.2) is 0 Å². The van der Waals surface area contributed by atoms with E-state index >= 15 is 0 Å². The number of likely N-dealkylation sites (N-methyl/N-ethyl adjacent to an activating group) is 1. The molecule has 6 heteroatoms. The standard InChI is InChI=1S/C19H24N2O3.ClH/c1-15(20-2)12-21-19(22)14-24-18-10-8-17(9-11-18)23-13-16-6-4-3-5-7-16;/h3-11,15,20H,12-14H2,1-2H3,(H,21,22);1H. The van der Waals surface area contributed by atoms with E-state index in [0.717, 1.165) is 11.3 Å². The highest BCUT2D eigenvalue weighted by Gasteiger charge is 2.05. The van der Waals surface area contributed by atoms with Gasteiger partial charge in [0.15, 0.2) is 6.61 Å². The molecule has 0 aliphatic carbocycles. The van der Waals surface area contributed by atoms with Crippen LogP contribution in [-0.4, -0.2) is 32.1 Å². The zero-order valence-corrected chi connectivity index (χ0v) is 15.3. The lowest BCUT2D eigenvalue weighted by atomic mass is 10.2. The Labute approximate surface area is 155 Å². The lowest BCUT2D eigenvalue weighted by Gasteiger charge is -2.12. The van der Waals surface area contributed by atoms with Gasteiger partial charge < -0.3 is 20.1 Å². The maximum atomic E-state index is 11.7. The minimum absolute atomic E-state index is 0. The maximum Gasteiger partial charge on any atom is 0.257 e. The minimum Gasteiger partial charge on any atom is -0.489 e. The summed E-state index contributed by atoms with van der Waals surface area (Å²) in [5, 5.41) is 5.86. The van der Waals surface area contributed by atoms with Crippen LogP contribution in [-0.2, 0) is 11.4 Å². The van der Waals surface area contributed by atoms with Crippen molar-refractivity contribution in [1.29, 1.82) is 0 Å². The van der Waals surface area contributed by atoms with E-state index < -0.39 is 0 Å². The molecule has 2 N–H and O–H groups in total. The average Bonchev–Trinajstić information content (AvgIpc) is 2.64. The van der Waals surface area contributed by atoms with E-state index in [1.165, 1.54) is 0 Å². The molecule has 5 nitrogen and oxygen atoms in total. The molecular weight excluding hydrogens is 340 g/mol. The number of ether oxygens (including phenoxy) is 2. The predicted octanol–water partition coefficient (Wildman–Crippen LogP) is 2.79. The zero-order chi connectivity index (χ0) is 17.2. The van der Waals surface area contributed by atoms with Crippen molar-refractivity contribution in [3.8, 4) is 11.5 Å². The number of carbonyl (C=O) groups is 1. The van der Waals surface area contributed by atoms with E-state index in [0.29, 0.717) is 18.9 Å². The van der Waals surface area contributed by atoms with Gasteiger partial charge in [-0.2, -0.15) is 0 Å². The second kappa shape index (κ2) is 11.3. The molecule has 0 aromatic heterocycles. The number of hydrogen-bond acceptors (Lipinski definition) is 4. The maximum absolute atomic E-state index is 11.7. The number of amides is 1. The average molecular weight is 365 g/mol. The third-order valence-electron chi connectivity index (χ3n) is 3.54. The molecule has 0 bridgehead atoms. The molecule has 0 saturated carbocycles. The van der Waals surface area contributed by atoms with Gasteiger partial charge in [-0.3, -0.25) is 4.79 Å². The molecule has 0 aliphatic heterocycles. The van der Waals surface area contributed by atoms with E-state index in [9.17, 15) is 4.79 Å². The molecule has 0 heterocycles. The number of halogens is 1. The fourth-order valence-electron chi connectivity index (χ4n) is 1.94. The quantitative estimate of drug-likeness (QED) is 0.718. The lowest BCUT2D eigenvalue weighted by molar-refractivity contribution is -0.123. The molecule has 1 amide bonds. The summed E-state index contributed by atoms with van der Waals surface area (Å²) >= 11 is 0. The summed E-state index contributed by atoms with van der Waals surface area (Å²) < 4.78 is 11.2. The first-order valence-corrected chi connectivity index (χ1v) is 8.01. The Bertz CT molecular complexity index is 620. The van der Waals surface area contributed by atoms with Crippen LogP contribution >= 0.6 is 12.4 Å². The Morgan fingerprint density at radius 2 is 1.60 bits per heavy atom. The van der Waals surface area contributed by atoms with E-state index in [-0.39, 0.29) is 31.0 Å². The normalized spacial score (nSPS) is 11.1. The van der Waals surface area contributed by atoms with E-state index in [1.54, 1.807) is 12.1 Å². The Hall–Kier alpha value is -2.24. The molecule has 0 saturated heterocycles. The second-order valence-electron chi connectivity index (χ2n) is 5.53. The molecule has 2 aromatic rings. The second-order valence-corrected chi connectivity index (χ2v) is 5.53. The first-order valence-electron chi connectivity index (χ1n) is 8.01. The number of benzene rings is 2. The van der Waals surface area contributed by atoms with Crippen LogP contribution < -0.4 is 20.1 Å². The van der Waals surface area contributed by atoms with Gasteiger partial charge in [0.25, 0.3) is 5.91 Å². The molecule has 2 aromatic carbocycles. The van der Waals surface area contributed by atoms with Crippen molar-refractivity contribution in [3.63, 3.8) is 0 Å². The molecule has 2 rings (SSSR count). The first-order chi connectivity index (χ1) is 11.7. The summed E-state index contributed by atoms with van der Waals surface area (Å²) in [6, 6.07) is 17.5. The Morgan fingerprint density at radius 1 is 1.00 bits per heavy atom. The van der Waals surface area contributed by atoms with Crippen LogP contribution in [0.15, 0.2) is 54.6 Å². The molecule has 1 unspecified atom stereocenters. The van der Waals surface area contributed by atoms with Gasteiger partial charge in [-0.15, -0.1) is 12.4 Å². The zero-order valence-electron chi connectivity index (χ0n) is 14.5. The third-order valence-corrected chi connectivity index (χ3v) is 3.54.